The molecule has 120 valence electrons. The van der Waals surface area contributed by atoms with E-state index >= 15 is 0 Å². The predicted molar refractivity (Wildman–Crippen MR) is 80.6 cm³/mol. The highest BCUT2D eigenvalue weighted by Crippen LogP contribution is 2.27. The van der Waals surface area contributed by atoms with Crippen LogP contribution in [0, 0.1) is 0 Å². The summed E-state index contributed by atoms with van der Waals surface area (Å²) in [5, 5.41) is 7.82. The maximum atomic E-state index is 12.9. The monoisotopic (exact) mass is 394 g/mol. The van der Waals surface area contributed by atoms with Crippen LogP contribution in [0.1, 0.15) is 12.3 Å². The first-order valence-electron chi connectivity index (χ1n) is 6.31. The Hall–Kier alpha value is -1.39. The topological polar surface area (TPSA) is 94.0 Å². The number of amides is 1. The number of rotatable bonds is 7. The number of hydrogen-bond donors (Lipinski definition) is 2. The molecule has 22 heavy (non-hydrogen) atoms. The van der Waals surface area contributed by atoms with E-state index in [0.717, 1.165) is 9.35 Å². The number of hydrogen-bond acceptors (Lipinski definition) is 6. The third-order valence-corrected chi connectivity index (χ3v) is 4.35. The second-order valence-corrected chi connectivity index (χ2v) is 6.30. The van der Waals surface area contributed by atoms with Gasteiger partial charge in [0, 0.05) is 22.7 Å². The predicted octanol–water partition coefficient (Wildman–Crippen LogP) is 2.20. The Balaban J connectivity index is 1.82. The number of nitrogens with one attached hydrogen (secondary N) is 1. The van der Waals surface area contributed by atoms with Crippen molar-refractivity contribution in [2.75, 3.05) is 13.1 Å². The molecule has 0 aliphatic carbocycles. The fourth-order valence-corrected chi connectivity index (χ4v) is 2.85. The number of carbonyl (C=O) groups excluding carboxylic acids is 1. The van der Waals surface area contributed by atoms with Crippen LogP contribution in [0.4, 0.5) is 8.78 Å². The van der Waals surface area contributed by atoms with Gasteiger partial charge in [0.2, 0.25) is 17.6 Å². The lowest BCUT2D eigenvalue weighted by atomic mass is 10.2. The second kappa shape index (κ2) is 7.25. The van der Waals surface area contributed by atoms with Crippen LogP contribution in [-0.4, -0.2) is 35.1 Å². The maximum absolute atomic E-state index is 12.9. The van der Waals surface area contributed by atoms with E-state index in [0.29, 0.717) is 5.82 Å². The summed E-state index contributed by atoms with van der Waals surface area (Å²) in [7, 11) is 0. The first kappa shape index (κ1) is 17.0. The Morgan fingerprint density at radius 3 is 2.95 bits per heavy atom. The Bertz CT molecular complexity index is 647. The standard InChI is InChI=1S/C12H13BrF2N4O2S/c13-7-3-8(22-4-7)11-18-10(21-19-11)2-1-9(20)17-6-12(14,15)5-16/h3-4H,1-2,5-6,16H2,(H,17,20). The number of aromatic nitrogens is 2. The molecule has 0 aliphatic rings. The van der Waals surface area contributed by atoms with Crippen molar-refractivity contribution in [3.05, 3.63) is 21.8 Å². The zero-order valence-corrected chi connectivity index (χ0v) is 13.7. The van der Waals surface area contributed by atoms with E-state index in [2.05, 4.69) is 31.4 Å². The van der Waals surface area contributed by atoms with E-state index in [4.69, 9.17) is 10.3 Å². The molecule has 3 N–H and O–H groups in total. The number of aryl methyl sites for hydroxylation is 1. The molecule has 6 nitrogen and oxygen atoms in total. The summed E-state index contributed by atoms with van der Waals surface area (Å²) >= 11 is 4.77. The molecular weight excluding hydrogens is 382 g/mol. The van der Waals surface area contributed by atoms with Crippen molar-refractivity contribution in [3.63, 3.8) is 0 Å². The SMILES string of the molecule is NCC(F)(F)CNC(=O)CCc1nc(-c2cc(Br)cs2)no1. The zero-order valence-electron chi connectivity index (χ0n) is 11.3. The summed E-state index contributed by atoms with van der Waals surface area (Å²) in [4.78, 5) is 16.5. The van der Waals surface area contributed by atoms with Crippen molar-refractivity contribution < 1.29 is 18.1 Å². The van der Waals surface area contributed by atoms with E-state index in [9.17, 15) is 13.6 Å². The van der Waals surface area contributed by atoms with Gasteiger partial charge in [-0.25, -0.2) is 8.78 Å². The highest BCUT2D eigenvalue weighted by atomic mass is 79.9. The molecule has 0 fully saturated rings. The molecule has 2 aromatic heterocycles. The van der Waals surface area contributed by atoms with Crippen LogP contribution in [-0.2, 0) is 11.2 Å². The summed E-state index contributed by atoms with van der Waals surface area (Å²) in [6.07, 6.45) is 0.163. The molecule has 0 aliphatic heterocycles. The molecule has 1 amide bonds. The molecule has 0 radical (unpaired) electrons. The van der Waals surface area contributed by atoms with Crippen LogP contribution in [0.15, 0.2) is 20.4 Å². The number of nitrogens with zero attached hydrogens (tertiary/aromatic N) is 2. The van der Waals surface area contributed by atoms with Gasteiger partial charge in [-0.15, -0.1) is 11.3 Å². The first-order chi connectivity index (χ1) is 10.4. The van der Waals surface area contributed by atoms with Crippen LogP contribution < -0.4 is 11.1 Å². The van der Waals surface area contributed by atoms with Crippen LogP contribution in [0.3, 0.4) is 0 Å². The number of thiophene rings is 1. The normalized spacial score (nSPS) is 11.6. The third kappa shape index (κ3) is 4.82. The minimum Gasteiger partial charge on any atom is -0.350 e. The molecule has 0 aromatic carbocycles. The highest BCUT2D eigenvalue weighted by Gasteiger charge is 2.27. The number of alkyl halides is 2. The molecule has 2 heterocycles. The molecule has 0 bridgehead atoms. The average molecular weight is 395 g/mol. The number of halogens is 3. The zero-order chi connectivity index (χ0) is 16.2. The largest absolute Gasteiger partial charge is 0.350 e. The lowest BCUT2D eigenvalue weighted by Crippen LogP contribution is -2.41. The molecule has 0 unspecified atom stereocenters. The van der Waals surface area contributed by atoms with Crippen LogP contribution in [0.25, 0.3) is 10.7 Å². The summed E-state index contributed by atoms with van der Waals surface area (Å²) < 4.78 is 31.7. The Morgan fingerprint density at radius 2 is 2.32 bits per heavy atom. The molecular formula is C12H13BrF2N4O2S. The Morgan fingerprint density at radius 1 is 1.55 bits per heavy atom. The number of carbonyl (C=O) groups is 1. The van der Waals surface area contributed by atoms with Gasteiger partial charge in [0.05, 0.1) is 18.0 Å². The van der Waals surface area contributed by atoms with E-state index in [1.165, 1.54) is 11.3 Å². The molecule has 2 aromatic rings. The smallest absolute Gasteiger partial charge is 0.277 e. The van der Waals surface area contributed by atoms with Gasteiger partial charge in [0.1, 0.15) is 0 Å². The summed E-state index contributed by atoms with van der Waals surface area (Å²) in [5.41, 5.74) is 4.88. The summed E-state index contributed by atoms with van der Waals surface area (Å²) in [6, 6.07) is 1.85. The molecule has 2 rings (SSSR count). The van der Waals surface area contributed by atoms with Crippen LogP contribution >= 0.6 is 27.3 Å². The van der Waals surface area contributed by atoms with Crippen LogP contribution in [0.5, 0.6) is 0 Å². The van der Waals surface area contributed by atoms with Gasteiger partial charge in [-0.1, -0.05) is 5.16 Å². The molecule has 0 atom stereocenters. The summed E-state index contributed by atoms with van der Waals surface area (Å²) in [5.74, 6) is -2.91. The fourth-order valence-electron chi connectivity index (χ4n) is 1.50. The molecule has 0 saturated heterocycles. The van der Waals surface area contributed by atoms with Crippen molar-refractivity contribution in [1.29, 1.82) is 0 Å². The van der Waals surface area contributed by atoms with Gasteiger partial charge in [0.25, 0.3) is 5.92 Å². The molecule has 10 heteroatoms. The molecule has 0 saturated carbocycles. The van der Waals surface area contributed by atoms with Gasteiger partial charge < -0.3 is 15.6 Å². The van der Waals surface area contributed by atoms with E-state index < -0.39 is 24.9 Å². The molecule has 0 spiro atoms. The van der Waals surface area contributed by atoms with E-state index in [1.54, 1.807) is 0 Å². The highest BCUT2D eigenvalue weighted by molar-refractivity contribution is 9.10. The summed E-state index contributed by atoms with van der Waals surface area (Å²) in [6.45, 7) is -1.59. The van der Waals surface area contributed by atoms with E-state index in [1.807, 2.05) is 11.4 Å². The van der Waals surface area contributed by atoms with Crippen molar-refractivity contribution in [2.24, 2.45) is 5.73 Å². The average Bonchev–Trinajstić information content (AvgIpc) is 3.11. The van der Waals surface area contributed by atoms with Crippen LogP contribution in [0.2, 0.25) is 0 Å². The minimum atomic E-state index is -3.10. The maximum Gasteiger partial charge on any atom is 0.277 e. The lowest BCUT2D eigenvalue weighted by molar-refractivity contribution is -0.122. The van der Waals surface area contributed by atoms with Gasteiger partial charge in [-0.3, -0.25) is 4.79 Å². The van der Waals surface area contributed by atoms with Crippen molar-refractivity contribution >= 4 is 33.2 Å². The van der Waals surface area contributed by atoms with Crippen molar-refractivity contribution in [3.8, 4) is 10.7 Å². The Kier molecular flexibility index (Phi) is 5.59. The van der Waals surface area contributed by atoms with Crippen molar-refractivity contribution in [1.82, 2.24) is 15.5 Å². The number of nitrogens with two attached hydrogens (primary N) is 1. The fraction of sp³-hybridized carbons (Fsp3) is 0.417. The van der Waals surface area contributed by atoms with Gasteiger partial charge >= 0.3 is 0 Å². The van der Waals surface area contributed by atoms with Gasteiger partial charge in [-0.05, 0) is 22.0 Å². The Labute approximate surface area is 137 Å². The lowest BCUT2D eigenvalue weighted by Gasteiger charge is -2.14. The van der Waals surface area contributed by atoms with Gasteiger partial charge in [-0.2, -0.15) is 4.98 Å². The van der Waals surface area contributed by atoms with Gasteiger partial charge in [0.15, 0.2) is 0 Å². The van der Waals surface area contributed by atoms with E-state index in [-0.39, 0.29) is 18.7 Å². The van der Waals surface area contributed by atoms with Crippen molar-refractivity contribution in [2.45, 2.75) is 18.8 Å². The quantitative estimate of drug-likeness (QED) is 0.750. The first-order valence-corrected chi connectivity index (χ1v) is 7.98. The minimum absolute atomic E-state index is 0.0174. The second-order valence-electron chi connectivity index (χ2n) is 4.48. The third-order valence-electron chi connectivity index (χ3n) is 2.66.